The highest BCUT2D eigenvalue weighted by atomic mass is 16.2. The van der Waals surface area contributed by atoms with Crippen LogP contribution in [0, 0.1) is 6.92 Å². The molecule has 1 aliphatic heterocycles. The van der Waals surface area contributed by atoms with E-state index in [1.807, 2.05) is 62.6 Å². The number of benzene rings is 1. The average Bonchev–Trinajstić information content (AvgIpc) is 2.64. The van der Waals surface area contributed by atoms with Gasteiger partial charge in [-0.25, -0.2) is 4.79 Å². The Morgan fingerprint density at radius 2 is 1.81 bits per heavy atom. The molecule has 2 aromatic rings. The topological polar surface area (TPSA) is 51.7 Å². The molecule has 1 aliphatic rings. The SMILES string of the molecule is Cc1cc(N(C)C)ccc1NC(=O)N1CCN(Cc2ccncc2)CC1. The third kappa shape index (κ3) is 4.52. The van der Waals surface area contributed by atoms with Crippen LogP contribution in [0.1, 0.15) is 11.1 Å². The summed E-state index contributed by atoms with van der Waals surface area (Å²) in [5.74, 6) is 0. The standard InChI is InChI=1S/C20H27N5O/c1-16-14-18(23(2)3)4-5-19(16)22-20(26)25-12-10-24(11-13-25)15-17-6-8-21-9-7-17/h4-9,14H,10-13,15H2,1-3H3,(H,22,26). The van der Waals surface area contributed by atoms with E-state index in [1.165, 1.54) is 5.56 Å². The van der Waals surface area contributed by atoms with Crippen LogP contribution in [0.5, 0.6) is 0 Å². The number of pyridine rings is 1. The number of carbonyl (C=O) groups is 1. The number of anilines is 2. The molecular formula is C20H27N5O. The summed E-state index contributed by atoms with van der Waals surface area (Å²) in [6.07, 6.45) is 3.64. The third-order valence-electron chi connectivity index (χ3n) is 4.78. The van der Waals surface area contributed by atoms with Crippen LogP contribution < -0.4 is 10.2 Å². The normalized spacial score (nSPS) is 15.0. The molecule has 1 N–H and O–H groups in total. The van der Waals surface area contributed by atoms with Crippen LogP contribution in [0.15, 0.2) is 42.7 Å². The molecule has 0 spiro atoms. The Kier molecular flexibility index (Phi) is 5.73. The Morgan fingerprint density at radius 1 is 1.12 bits per heavy atom. The molecule has 1 aromatic carbocycles. The zero-order valence-corrected chi connectivity index (χ0v) is 15.8. The molecule has 0 radical (unpaired) electrons. The predicted octanol–water partition coefficient (Wildman–Crippen LogP) is 2.81. The smallest absolute Gasteiger partial charge is 0.321 e. The maximum Gasteiger partial charge on any atom is 0.321 e. The van der Waals surface area contributed by atoms with E-state index in [1.54, 1.807) is 0 Å². The lowest BCUT2D eigenvalue weighted by molar-refractivity contribution is 0.143. The van der Waals surface area contributed by atoms with E-state index < -0.39 is 0 Å². The van der Waals surface area contributed by atoms with E-state index in [2.05, 4.69) is 26.2 Å². The van der Waals surface area contributed by atoms with Crippen molar-refractivity contribution in [2.75, 3.05) is 50.5 Å². The molecule has 6 nitrogen and oxygen atoms in total. The quantitative estimate of drug-likeness (QED) is 0.918. The number of hydrogen-bond acceptors (Lipinski definition) is 4. The number of nitrogens with zero attached hydrogens (tertiary/aromatic N) is 4. The molecule has 0 atom stereocenters. The fourth-order valence-electron chi connectivity index (χ4n) is 3.12. The third-order valence-corrected chi connectivity index (χ3v) is 4.78. The Morgan fingerprint density at radius 3 is 2.42 bits per heavy atom. The lowest BCUT2D eigenvalue weighted by Gasteiger charge is -2.34. The largest absolute Gasteiger partial charge is 0.378 e. The first-order chi connectivity index (χ1) is 12.5. The summed E-state index contributed by atoms with van der Waals surface area (Å²) in [6.45, 7) is 6.18. The van der Waals surface area contributed by atoms with Crippen molar-refractivity contribution in [3.05, 3.63) is 53.9 Å². The van der Waals surface area contributed by atoms with Crippen LogP contribution in [0.2, 0.25) is 0 Å². The van der Waals surface area contributed by atoms with Crippen LogP contribution in [0.25, 0.3) is 0 Å². The Labute approximate surface area is 155 Å². The first-order valence-corrected chi connectivity index (χ1v) is 8.98. The first-order valence-electron chi connectivity index (χ1n) is 8.98. The fraction of sp³-hybridized carbons (Fsp3) is 0.400. The lowest BCUT2D eigenvalue weighted by atomic mass is 10.1. The van der Waals surface area contributed by atoms with Gasteiger partial charge in [-0.15, -0.1) is 0 Å². The predicted molar refractivity (Wildman–Crippen MR) is 106 cm³/mol. The minimum absolute atomic E-state index is 0.0192. The van der Waals surface area contributed by atoms with Crippen LogP contribution in [0.4, 0.5) is 16.2 Å². The fourth-order valence-corrected chi connectivity index (χ4v) is 3.12. The van der Waals surface area contributed by atoms with Gasteiger partial charge in [0, 0.05) is 70.6 Å². The minimum atomic E-state index is -0.0192. The summed E-state index contributed by atoms with van der Waals surface area (Å²) in [6, 6.07) is 10.1. The summed E-state index contributed by atoms with van der Waals surface area (Å²) < 4.78 is 0. The van der Waals surface area contributed by atoms with Gasteiger partial charge in [0.05, 0.1) is 0 Å². The molecule has 1 saturated heterocycles. The summed E-state index contributed by atoms with van der Waals surface area (Å²) in [4.78, 5) is 23.0. The first kappa shape index (κ1) is 18.2. The van der Waals surface area contributed by atoms with Crippen molar-refractivity contribution < 1.29 is 4.79 Å². The van der Waals surface area contributed by atoms with Crippen molar-refractivity contribution >= 4 is 17.4 Å². The highest BCUT2D eigenvalue weighted by molar-refractivity contribution is 5.90. The second-order valence-corrected chi connectivity index (χ2v) is 6.94. The summed E-state index contributed by atoms with van der Waals surface area (Å²) in [5, 5.41) is 3.05. The maximum atomic E-state index is 12.6. The van der Waals surface area contributed by atoms with Crippen molar-refractivity contribution in [3.63, 3.8) is 0 Å². The van der Waals surface area contributed by atoms with Gasteiger partial charge in [-0.2, -0.15) is 0 Å². The highest BCUT2D eigenvalue weighted by Gasteiger charge is 2.21. The molecule has 2 heterocycles. The van der Waals surface area contributed by atoms with Crippen molar-refractivity contribution in [2.24, 2.45) is 0 Å². The molecule has 2 amide bonds. The van der Waals surface area contributed by atoms with Gasteiger partial charge in [-0.3, -0.25) is 9.88 Å². The van der Waals surface area contributed by atoms with Crippen molar-refractivity contribution in [2.45, 2.75) is 13.5 Å². The van der Waals surface area contributed by atoms with Gasteiger partial charge in [0.15, 0.2) is 0 Å². The van der Waals surface area contributed by atoms with Crippen molar-refractivity contribution in [1.29, 1.82) is 0 Å². The monoisotopic (exact) mass is 353 g/mol. The van der Waals surface area contributed by atoms with E-state index >= 15 is 0 Å². The number of nitrogens with one attached hydrogen (secondary N) is 1. The maximum absolute atomic E-state index is 12.6. The summed E-state index contributed by atoms with van der Waals surface area (Å²) in [7, 11) is 4.02. The molecule has 138 valence electrons. The second kappa shape index (κ2) is 8.19. The number of aromatic nitrogens is 1. The Hall–Kier alpha value is -2.60. The van der Waals surface area contributed by atoms with E-state index in [0.29, 0.717) is 0 Å². The van der Waals surface area contributed by atoms with Crippen LogP contribution in [-0.2, 0) is 6.54 Å². The van der Waals surface area contributed by atoms with Crippen molar-refractivity contribution in [1.82, 2.24) is 14.8 Å². The Balaban J connectivity index is 1.52. The number of carbonyl (C=O) groups excluding carboxylic acids is 1. The minimum Gasteiger partial charge on any atom is -0.378 e. The molecule has 1 fully saturated rings. The van der Waals surface area contributed by atoms with Crippen molar-refractivity contribution in [3.8, 4) is 0 Å². The van der Waals surface area contributed by atoms with E-state index in [9.17, 15) is 4.79 Å². The van der Waals surface area contributed by atoms with Gasteiger partial charge in [0.2, 0.25) is 0 Å². The number of urea groups is 1. The van der Waals surface area contributed by atoms with Gasteiger partial charge < -0.3 is 15.1 Å². The zero-order valence-electron chi connectivity index (χ0n) is 15.8. The van der Waals surface area contributed by atoms with Gasteiger partial charge in [-0.05, 0) is 48.4 Å². The van der Waals surface area contributed by atoms with E-state index in [0.717, 1.165) is 49.7 Å². The molecule has 6 heteroatoms. The van der Waals surface area contributed by atoms with Crippen LogP contribution in [-0.4, -0.2) is 61.1 Å². The second-order valence-electron chi connectivity index (χ2n) is 6.94. The summed E-state index contributed by atoms with van der Waals surface area (Å²) in [5.41, 5.74) is 4.33. The van der Waals surface area contributed by atoms with Crippen LogP contribution in [0.3, 0.4) is 0 Å². The average molecular weight is 353 g/mol. The highest BCUT2D eigenvalue weighted by Crippen LogP contribution is 2.22. The molecule has 3 rings (SSSR count). The number of piperazine rings is 1. The number of amides is 2. The molecule has 26 heavy (non-hydrogen) atoms. The summed E-state index contributed by atoms with van der Waals surface area (Å²) >= 11 is 0. The Bertz CT molecular complexity index is 739. The molecule has 0 saturated carbocycles. The molecular weight excluding hydrogens is 326 g/mol. The van der Waals surface area contributed by atoms with E-state index in [-0.39, 0.29) is 6.03 Å². The van der Waals surface area contributed by atoms with Crippen LogP contribution >= 0.6 is 0 Å². The van der Waals surface area contributed by atoms with E-state index in [4.69, 9.17) is 0 Å². The van der Waals surface area contributed by atoms with Gasteiger partial charge >= 0.3 is 6.03 Å². The van der Waals surface area contributed by atoms with Gasteiger partial charge in [-0.1, -0.05) is 0 Å². The lowest BCUT2D eigenvalue weighted by Crippen LogP contribution is -2.49. The number of aryl methyl sites for hydroxylation is 1. The molecule has 1 aromatic heterocycles. The molecule has 0 unspecified atom stereocenters. The molecule has 0 aliphatic carbocycles. The number of rotatable bonds is 4. The molecule has 0 bridgehead atoms. The van der Waals surface area contributed by atoms with Gasteiger partial charge in [0.25, 0.3) is 0 Å². The number of hydrogen-bond donors (Lipinski definition) is 1. The zero-order chi connectivity index (χ0) is 18.5. The van der Waals surface area contributed by atoms with Gasteiger partial charge in [0.1, 0.15) is 0 Å².